The van der Waals surface area contributed by atoms with Crippen molar-refractivity contribution in [3.8, 4) is 0 Å². The van der Waals surface area contributed by atoms with Crippen molar-refractivity contribution in [1.82, 2.24) is 9.88 Å². The van der Waals surface area contributed by atoms with Crippen molar-refractivity contribution in [3.63, 3.8) is 0 Å². The van der Waals surface area contributed by atoms with Gasteiger partial charge in [-0.15, -0.1) is 0 Å². The third-order valence-corrected chi connectivity index (χ3v) is 2.79. The molecular formula is C14H23N3O. The Morgan fingerprint density at radius 3 is 2.39 bits per heavy atom. The number of hydrogen-bond acceptors (Lipinski definition) is 4. The first-order chi connectivity index (χ1) is 8.54. The predicted octanol–water partition coefficient (Wildman–Crippen LogP) is 2.06. The van der Waals surface area contributed by atoms with Crippen LogP contribution in [0.5, 0.6) is 0 Å². The molecule has 0 unspecified atom stereocenters. The van der Waals surface area contributed by atoms with E-state index in [0.29, 0.717) is 5.56 Å². The van der Waals surface area contributed by atoms with Crippen LogP contribution in [0.4, 0.5) is 5.82 Å². The zero-order valence-corrected chi connectivity index (χ0v) is 11.8. The summed E-state index contributed by atoms with van der Waals surface area (Å²) < 4.78 is 0. The summed E-state index contributed by atoms with van der Waals surface area (Å²) in [5.74, 6) is 1.01. The maximum absolute atomic E-state index is 11.2. The molecule has 18 heavy (non-hydrogen) atoms. The molecule has 0 saturated heterocycles. The molecule has 4 heteroatoms. The molecular weight excluding hydrogens is 226 g/mol. The van der Waals surface area contributed by atoms with Crippen LogP contribution in [0.25, 0.3) is 0 Å². The molecule has 0 aromatic carbocycles. The average Bonchev–Trinajstić information content (AvgIpc) is 2.34. The number of rotatable bonds is 7. The van der Waals surface area contributed by atoms with Gasteiger partial charge >= 0.3 is 0 Å². The monoisotopic (exact) mass is 249 g/mol. The predicted molar refractivity (Wildman–Crippen MR) is 75.3 cm³/mol. The number of ketones is 1. The molecule has 0 aliphatic carbocycles. The second-order valence-corrected chi connectivity index (χ2v) is 4.75. The Labute approximate surface area is 110 Å². The molecule has 0 amide bonds. The van der Waals surface area contributed by atoms with E-state index in [0.717, 1.165) is 31.9 Å². The lowest BCUT2D eigenvalue weighted by molar-refractivity contribution is 0.101. The first-order valence-corrected chi connectivity index (χ1v) is 6.41. The molecule has 0 saturated carbocycles. The van der Waals surface area contributed by atoms with Gasteiger partial charge in [0.05, 0.1) is 0 Å². The Morgan fingerprint density at radius 2 is 1.94 bits per heavy atom. The van der Waals surface area contributed by atoms with Gasteiger partial charge in [0.1, 0.15) is 5.82 Å². The molecule has 4 nitrogen and oxygen atoms in total. The van der Waals surface area contributed by atoms with Crippen molar-refractivity contribution in [3.05, 3.63) is 23.9 Å². The van der Waals surface area contributed by atoms with Crippen LogP contribution in [0.2, 0.25) is 0 Å². The van der Waals surface area contributed by atoms with Crippen molar-refractivity contribution >= 4 is 11.6 Å². The molecule has 0 radical (unpaired) electrons. The van der Waals surface area contributed by atoms with E-state index in [2.05, 4.69) is 35.8 Å². The summed E-state index contributed by atoms with van der Waals surface area (Å²) in [6.07, 6.45) is 2.75. The molecule has 1 rings (SSSR count). The third-order valence-electron chi connectivity index (χ3n) is 2.79. The van der Waals surface area contributed by atoms with E-state index in [1.165, 1.54) is 0 Å². The number of Topliss-reactive ketones (excluding diaryl/α,β-unsaturated/α-hetero) is 1. The summed E-state index contributed by atoms with van der Waals surface area (Å²) >= 11 is 0. The summed E-state index contributed by atoms with van der Waals surface area (Å²) in [5, 5.41) is 0. The Hall–Kier alpha value is -1.42. The highest BCUT2D eigenvalue weighted by Crippen LogP contribution is 2.12. The lowest BCUT2D eigenvalue weighted by Gasteiger charge is -2.24. The van der Waals surface area contributed by atoms with E-state index in [-0.39, 0.29) is 5.78 Å². The Balaban J connectivity index is 2.75. The quantitative estimate of drug-likeness (QED) is 0.693. The van der Waals surface area contributed by atoms with Crippen molar-refractivity contribution in [2.75, 3.05) is 38.6 Å². The fraction of sp³-hybridized carbons (Fsp3) is 0.571. The van der Waals surface area contributed by atoms with Crippen LogP contribution in [0.15, 0.2) is 18.3 Å². The summed E-state index contributed by atoms with van der Waals surface area (Å²) in [7, 11) is 4.13. The van der Waals surface area contributed by atoms with Crippen LogP contribution in [0.1, 0.15) is 30.6 Å². The molecule has 0 aliphatic rings. The fourth-order valence-electron chi connectivity index (χ4n) is 1.71. The van der Waals surface area contributed by atoms with Crippen LogP contribution < -0.4 is 4.90 Å². The van der Waals surface area contributed by atoms with Crippen LogP contribution in [-0.4, -0.2) is 49.4 Å². The normalized spacial score (nSPS) is 10.7. The van der Waals surface area contributed by atoms with Gasteiger partial charge in [0.2, 0.25) is 0 Å². The number of hydrogen-bond donors (Lipinski definition) is 0. The lowest BCUT2D eigenvalue weighted by atomic mass is 10.2. The van der Waals surface area contributed by atoms with Gasteiger partial charge in [-0.1, -0.05) is 6.92 Å². The van der Waals surface area contributed by atoms with Gasteiger partial charge in [0, 0.05) is 31.4 Å². The average molecular weight is 249 g/mol. The van der Waals surface area contributed by atoms with Crippen molar-refractivity contribution in [1.29, 1.82) is 0 Å². The fourth-order valence-corrected chi connectivity index (χ4v) is 1.71. The molecule has 1 aromatic rings. The SMILES string of the molecule is CCCN(CCN(C)C)c1ccc(C(C)=O)cn1. The topological polar surface area (TPSA) is 36.4 Å². The summed E-state index contributed by atoms with van der Waals surface area (Å²) in [5.41, 5.74) is 0.669. The molecule has 0 aliphatic heterocycles. The smallest absolute Gasteiger partial charge is 0.161 e. The second-order valence-electron chi connectivity index (χ2n) is 4.75. The zero-order chi connectivity index (χ0) is 13.5. The van der Waals surface area contributed by atoms with E-state index >= 15 is 0 Å². The van der Waals surface area contributed by atoms with Crippen molar-refractivity contribution in [2.24, 2.45) is 0 Å². The number of carbonyl (C=O) groups is 1. The summed E-state index contributed by atoms with van der Waals surface area (Å²) in [4.78, 5) is 20.0. The highest BCUT2D eigenvalue weighted by atomic mass is 16.1. The molecule has 0 N–H and O–H groups in total. The van der Waals surface area contributed by atoms with E-state index < -0.39 is 0 Å². The van der Waals surface area contributed by atoms with Crippen LogP contribution in [0, 0.1) is 0 Å². The lowest BCUT2D eigenvalue weighted by Crippen LogP contribution is -2.32. The number of carbonyl (C=O) groups excluding carboxylic acids is 1. The third kappa shape index (κ3) is 4.45. The van der Waals surface area contributed by atoms with E-state index in [1.54, 1.807) is 13.1 Å². The Morgan fingerprint density at radius 1 is 1.22 bits per heavy atom. The largest absolute Gasteiger partial charge is 0.355 e. The van der Waals surface area contributed by atoms with E-state index in [9.17, 15) is 4.79 Å². The Bertz CT molecular complexity index is 373. The molecule has 0 spiro atoms. The first-order valence-electron chi connectivity index (χ1n) is 6.41. The van der Waals surface area contributed by atoms with Crippen LogP contribution >= 0.6 is 0 Å². The van der Waals surface area contributed by atoms with Gasteiger partial charge < -0.3 is 9.80 Å². The molecule has 0 fully saturated rings. The number of pyridine rings is 1. The van der Waals surface area contributed by atoms with Gasteiger partial charge in [-0.3, -0.25) is 4.79 Å². The Kier molecular flexibility index (Phi) is 5.78. The van der Waals surface area contributed by atoms with Crippen molar-refractivity contribution in [2.45, 2.75) is 20.3 Å². The number of anilines is 1. The standard InChI is InChI=1S/C14H23N3O/c1-5-8-17(10-9-16(3)4)14-7-6-13(11-15-14)12(2)18/h6-7,11H,5,8-10H2,1-4H3. The summed E-state index contributed by atoms with van der Waals surface area (Å²) in [6, 6.07) is 3.78. The second kappa shape index (κ2) is 7.11. The zero-order valence-electron chi connectivity index (χ0n) is 11.8. The van der Waals surface area contributed by atoms with Crippen LogP contribution in [0.3, 0.4) is 0 Å². The number of aromatic nitrogens is 1. The maximum Gasteiger partial charge on any atom is 0.161 e. The number of nitrogens with zero attached hydrogens (tertiary/aromatic N) is 3. The minimum absolute atomic E-state index is 0.0596. The van der Waals surface area contributed by atoms with Crippen LogP contribution in [-0.2, 0) is 0 Å². The molecule has 1 heterocycles. The molecule has 1 aromatic heterocycles. The minimum atomic E-state index is 0.0596. The van der Waals surface area contributed by atoms with E-state index in [4.69, 9.17) is 0 Å². The minimum Gasteiger partial charge on any atom is -0.355 e. The number of likely N-dealkylation sites (N-methyl/N-ethyl adjacent to an activating group) is 1. The highest BCUT2D eigenvalue weighted by molar-refractivity contribution is 5.93. The van der Waals surface area contributed by atoms with Gasteiger partial charge in [-0.05, 0) is 39.6 Å². The molecule has 100 valence electrons. The molecule has 0 bridgehead atoms. The van der Waals surface area contributed by atoms with Gasteiger partial charge in [-0.2, -0.15) is 0 Å². The highest BCUT2D eigenvalue weighted by Gasteiger charge is 2.08. The first kappa shape index (κ1) is 14.6. The summed E-state index contributed by atoms with van der Waals surface area (Å²) in [6.45, 7) is 6.66. The van der Waals surface area contributed by atoms with Crippen molar-refractivity contribution < 1.29 is 4.79 Å². The van der Waals surface area contributed by atoms with Gasteiger partial charge in [0.15, 0.2) is 5.78 Å². The van der Waals surface area contributed by atoms with Gasteiger partial charge in [0.25, 0.3) is 0 Å². The maximum atomic E-state index is 11.2. The molecule has 0 atom stereocenters. The van der Waals surface area contributed by atoms with E-state index in [1.807, 2.05) is 12.1 Å². The van der Waals surface area contributed by atoms with Gasteiger partial charge in [-0.25, -0.2) is 4.98 Å².